The van der Waals surface area contributed by atoms with Crippen molar-refractivity contribution in [2.75, 3.05) is 20.2 Å². The van der Waals surface area contributed by atoms with Crippen LogP contribution < -0.4 is 0 Å². The lowest BCUT2D eigenvalue weighted by atomic mass is 9.97. The Morgan fingerprint density at radius 3 is 2.87 bits per heavy atom. The Bertz CT molecular complexity index is 660. The van der Waals surface area contributed by atoms with Gasteiger partial charge in [0.25, 0.3) is 0 Å². The van der Waals surface area contributed by atoms with Gasteiger partial charge in [-0.3, -0.25) is 4.79 Å². The van der Waals surface area contributed by atoms with E-state index in [0.29, 0.717) is 31.8 Å². The van der Waals surface area contributed by atoms with E-state index >= 15 is 0 Å². The third kappa shape index (κ3) is 3.93. The minimum absolute atomic E-state index is 0.0399. The molecule has 120 valence electrons. The highest BCUT2D eigenvalue weighted by atomic mass is 16.5. The average molecular weight is 311 g/mol. The first-order valence-corrected chi connectivity index (χ1v) is 7.93. The van der Waals surface area contributed by atoms with Crippen LogP contribution in [0.2, 0.25) is 0 Å². The monoisotopic (exact) mass is 311 g/mol. The second kappa shape index (κ2) is 7.33. The molecule has 1 aromatic heterocycles. The number of hydrogen-bond acceptors (Lipinski definition) is 4. The summed E-state index contributed by atoms with van der Waals surface area (Å²) in [6, 6.07) is 10.1. The zero-order valence-electron chi connectivity index (χ0n) is 13.3. The van der Waals surface area contributed by atoms with Gasteiger partial charge >= 0.3 is 0 Å². The third-order valence-corrected chi connectivity index (χ3v) is 4.14. The molecule has 1 atom stereocenters. The molecule has 0 unspecified atom stereocenters. The number of carbonyl (C=O) groups is 1. The predicted molar refractivity (Wildman–Crippen MR) is 86.8 cm³/mol. The molecular weight excluding hydrogens is 290 g/mol. The Labute approximate surface area is 136 Å². The summed E-state index contributed by atoms with van der Waals surface area (Å²) in [4.78, 5) is 22.4. The van der Waals surface area contributed by atoms with Crippen molar-refractivity contribution >= 4 is 5.91 Å². The van der Waals surface area contributed by atoms with Gasteiger partial charge in [0, 0.05) is 32.3 Å². The minimum Gasteiger partial charge on any atom is -0.371 e. The third-order valence-electron chi connectivity index (χ3n) is 4.14. The van der Waals surface area contributed by atoms with Gasteiger partial charge < -0.3 is 9.64 Å². The topological polar surface area (TPSA) is 55.3 Å². The van der Waals surface area contributed by atoms with Gasteiger partial charge in [-0.2, -0.15) is 0 Å². The predicted octanol–water partition coefficient (Wildman–Crippen LogP) is 2.18. The van der Waals surface area contributed by atoms with Gasteiger partial charge in [-0.1, -0.05) is 24.3 Å². The SMILES string of the molecule is CN(C[C@@H]1OCCc2ccccc21)C(=O)CCc1ncccn1. The number of fused-ring (bicyclic) bond motifs is 1. The zero-order chi connectivity index (χ0) is 16.1. The summed E-state index contributed by atoms with van der Waals surface area (Å²) in [5.74, 6) is 0.789. The molecule has 0 saturated carbocycles. The number of carbonyl (C=O) groups excluding carboxylic acids is 1. The largest absolute Gasteiger partial charge is 0.371 e. The van der Waals surface area contributed by atoms with E-state index in [1.54, 1.807) is 23.4 Å². The first kappa shape index (κ1) is 15.6. The van der Waals surface area contributed by atoms with E-state index in [9.17, 15) is 4.79 Å². The highest BCUT2D eigenvalue weighted by molar-refractivity contribution is 5.76. The quantitative estimate of drug-likeness (QED) is 0.849. The molecule has 0 bridgehead atoms. The van der Waals surface area contributed by atoms with E-state index in [1.807, 2.05) is 13.1 Å². The molecule has 0 radical (unpaired) electrons. The van der Waals surface area contributed by atoms with E-state index < -0.39 is 0 Å². The van der Waals surface area contributed by atoms with Crippen LogP contribution in [-0.4, -0.2) is 41.0 Å². The average Bonchev–Trinajstić information content (AvgIpc) is 2.61. The van der Waals surface area contributed by atoms with Crippen LogP contribution in [0.4, 0.5) is 0 Å². The lowest BCUT2D eigenvalue weighted by Crippen LogP contribution is -2.34. The van der Waals surface area contributed by atoms with E-state index in [0.717, 1.165) is 6.42 Å². The Morgan fingerprint density at radius 1 is 1.26 bits per heavy atom. The molecular formula is C18H21N3O2. The van der Waals surface area contributed by atoms with Crippen molar-refractivity contribution in [3.05, 3.63) is 59.7 Å². The Balaban J connectivity index is 1.57. The lowest BCUT2D eigenvalue weighted by molar-refractivity contribution is -0.132. The van der Waals surface area contributed by atoms with Crippen molar-refractivity contribution in [1.29, 1.82) is 0 Å². The number of benzene rings is 1. The molecule has 5 heteroatoms. The fraction of sp³-hybridized carbons (Fsp3) is 0.389. The normalized spacial score (nSPS) is 16.7. The van der Waals surface area contributed by atoms with Crippen molar-refractivity contribution in [1.82, 2.24) is 14.9 Å². The summed E-state index contributed by atoms with van der Waals surface area (Å²) in [5.41, 5.74) is 2.52. The number of hydrogen-bond donors (Lipinski definition) is 0. The molecule has 3 rings (SSSR count). The van der Waals surface area contributed by atoms with Gasteiger partial charge in [0.2, 0.25) is 5.91 Å². The maximum absolute atomic E-state index is 12.3. The number of ether oxygens (including phenoxy) is 1. The highest BCUT2D eigenvalue weighted by Crippen LogP contribution is 2.27. The van der Waals surface area contributed by atoms with Gasteiger partial charge in [-0.05, 0) is 23.6 Å². The van der Waals surface area contributed by atoms with Crippen LogP contribution in [0.15, 0.2) is 42.7 Å². The van der Waals surface area contributed by atoms with Crippen LogP contribution in [0, 0.1) is 0 Å². The number of amides is 1. The number of rotatable bonds is 5. The maximum atomic E-state index is 12.3. The van der Waals surface area contributed by atoms with Crippen molar-refractivity contribution in [2.24, 2.45) is 0 Å². The molecule has 2 aromatic rings. The minimum atomic E-state index is -0.0399. The Morgan fingerprint density at radius 2 is 2.04 bits per heavy atom. The summed E-state index contributed by atoms with van der Waals surface area (Å²) < 4.78 is 5.87. The van der Waals surface area contributed by atoms with Gasteiger partial charge in [-0.15, -0.1) is 0 Å². The van der Waals surface area contributed by atoms with Crippen LogP contribution >= 0.6 is 0 Å². The van der Waals surface area contributed by atoms with Crippen LogP contribution in [-0.2, 0) is 22.4 Å². The maximum Gasteiger partial charge on any atom is 0.222 e. The molecule has 1 aliphatic heterocycles. The fourth-order valence-corrected chi connectivity index (χ4v) is 2.85. The molecule has 0 aliphatic carbocycles. The van der Waals surface area contributed by atoms with Crippen LogP contribution in [0.5, 0.6) is 0 Å². The Hall–Kier alpha value is -2.27. The molecule has 5 nitrogen and oxygen atoms in total. The molecule has 0 fully saturated rings. The van der Waals surface area contributed by atoms with Crippen molar-refractivity contribution in [3.8, 4) is 0 Å². The number of likely N-dealkylation sites (N-methyl/N-ethyl adjacent to an activating group) is 1. The molecule has 0 spiro atoms. The van der Waals surface area contributed by atoms with Crippen LogP contribution in [0.3, 0.4) is 0 Å². The summed E-state index contributed by atoms with van der Waals surface area (Å²) in [6.45, 7) is 1.28. The smallest absolute Gasteiger partial charge is 0.222 e. The molecule has 0 N–H and O–H groups in total. The highest BCUT2D eigenvalue weighted by Gasteiger charge is 2.23. The van der Waals surface area contributed by atoms with Crippen molar-refractivity contribution in [2.45, 2.75) is 25.4 Å². The van der Waals surface area contributed by atoms with Gasteiger partial charge in [0.15, 0.2) is 0 Å². The first-order valence-electron chi connectivity index (χ1n) is 7.93. The van der Waals surface area contributed by atoms with E-state index in [4.69, 9.17) is 4.74 Å². The van der Waals surface area contributed by atoms with Gasteiger partial charge in [-0.25, -0.2) is 9.97 Å². The molecule has 2 heterocycles. The lowest BCUT2D eigenvalue weighted by Gasteiger charge is -2.29. The first-order chi connectivity index (χ1) is 11.2. The fourth-order valence-electron chi connectivity index (χ4n) is 2.85. The summed E-state index contributed by atoms with van der Waals surface area (Å²) in [6.07, 6.45) is 5.27. The van der Waals surface area contributed by atoms with Crippen molar-refractivity contribution in [3.63, 3.8) is 0 Å². The number of nitrogens with zero attached hydrogens (tertiary/aromatic N) is 3. The number of aromatic nitrogens is 2. The molecule has 0 saturated heterocycles. The number of aryl methyl sites for hydroxylation is 1. The second-order valence-electron chi connectivity index (χ2n) is 5.75. The standard InChI is InChI=1S/C18H21N3O2/c1-21(18(22)8-7-17-19-10-4-11-20-17)13-16-15-6-3-2-5-14(15)9-12-23-16/h2-6,10-11,16H,7-9,12-13H2,1H3/t16-/m0/s1. The van der Waals surface area contributed by atoms with Crippen LogP contribution in [0.1, 0.15) is 29.5 Å². The summed E-state index contributed by atoms with van der Waals surface area (Å²) in [5, 5.41) is 0. The zero-order valence-corrected chi connectivity index (χ0v) is 13.3. The summed E-state index contributed by atoms with van der Waals surface area (Å²) >= 11 is 0. The van der Waals surface area contributed by atoms with Crippen LogP contribution in [0.25, 0.3) is 0 Å². The Kier molecular flexibility index (Phi) is 4.98. The van der Waals surface area contributed by atoms with E-state index in [2.05, 4.69) is 28.2 Å². The van der Waals surface area contributed by atoms with E-state index in [-0.39, 0.29) is 12.0 Å². The van der Waals surface area contributed by atoms with Gasteiger partial charge in [0.05, 0.1) is 13.2 Å². The van der Waals surface area contributed by atoms with Gasteiger partial charge in [0.1, 0.15) is 11.9 Å². The van der Waals surface area contributed by atoms with E-state index in [1.165, 1.54) is 11.1 Å². The molecule has 1 amide bonds. The molecule has 1 aromatic carbocycles. The second-order valence-corrected chi connectivity index (χ2v) is 5.75. The summed E-state index contributed by atoms with van der Waals surface area (Å²) in [7, 11) is 1.83. The molecule has 1 aliphatic rings. The van der Waals surface area contributed by atoms with Crippen molar-refractivity contribution < 1.29 is 9.53 Å². The molecule has 23 heavy (non-hydrogen) atoms.